The number of rotatable bonds is 3. The molecule has 2 aromatic heterocycles. The number of hydrogen-bond acceptors (Lipinski definition) is 6. The summed E-state index contributed by atoms with van der Waals surface area (Å²) in [6.07, 6.45) is 2.91. The average Bonchev–Trinajstić information content (AvgIpc) is 2.78. The standard InChI is InChI=1S/C15H20BN3O4/c1-9-6-12(17-8-11(9)16(21)22)10-7-18-19(5)13(10)14(20)23-15(2,3)4/h6-8,21-22H,1-5H3. The molecule has 8 heteroatoms. The van der Waals surface area contributed by atoms with Gasteiger partial charge in [0.15, 0.2) is 5.69 Å². The minimum atomic E-state index is -1.59. The van der Waals surface area contributed by atoms with Gasteiger partial charge in [0.1, 0.15) is 5.60 Å². The Hall–Kier alpha value is -2.19. The van der Waals surface area contributed by atoms with E-state index in [0.717, 1.165) is 0 Å². The van der Waals surface area contributed by atoms with Crippen LogP contribution in [0.5, 0.6) is 0 Å². The summed E-state index contributed by atoms with van der Waals surface area (Å²) in [7, 11) is 0.0670. The number of hydrogen-bond donors (Lipinski definition) is 2. The highest BCUT2D eigenvalue weighted by atomic mass is 16.6. The molecule has 2 aromatic rings. The normalized spacial score (nSPS) is 11.4. The second-order valence-corrected chi connectivity index (χ2v) is 6.33. The Balaban J connectivity index is 2.46. The van der Waals surface area contributed by atoms with Gasteiger partial charge in [-0.05, 0) is 39.3 Å². The molecule has 0 saturated carbocycles. The number of ether oxygens (including phenoxy) is 1. The van der Waals surface area contributed by atoms with E-state index in [9.17, 15) is 14.8 Å². The lowest BCUT2D eigenvalue weighted by molar-refractivity contribution is 0.00584. The third-order valence-corrected chi connectivity index (χ3v) is 3.24. The van der Waals surface area contributed by atoms with Crippen molar-refractivity contribution in [2.24, 2.45) is 7.05 Å². The summed E-state index contributed by atoms with van der Waals surface area (Å²) in [6, 6.07) is 1.68. The molecule has 122 valence electrons. The van der Waals surface area contributed by atoms with Crippen LogP contribution in [0.3, 0.4) is 0 Å². The number of pyridine rings is 1. The zero-order chi connectivity index (χ0) is 17.4. The first-order valence-corrected chi connectivity index (χ1v) is 7.18. The molecule has 0 saturated heterocycles. The van der Waals surface area contributed by atoms with Crippen molar-refractivity contribution in [2.75, 3.05) is 0 Å². The van der Waals surface area contributed by atoms with Crippen LogP contribution in [0.15, 0.2) is 18.5 Å². The summed E-state index contributed by atoms with van der Waals surface area (Å²) in [5, 5.41) is 22.6. The zero-order valence-corrected chi connectivity index (χ0v) is 13.9. The van der Waals surface area contributed by atoms with Crippen molar-refractivity contribution in [2.45, 2.75) is 33.3 Å². The highest BCUT2D eigenvalue weighted by Gasteiger charge is 2.25. The second kappa shape index (κ2) is 6.13. The molecule has 0 aromatic carbocycles. The monoisotopic (exact) mass is 317 g/mol. The summed E-state index contributed by atoms with van der Waals surface area (Å²) >= 11 is 0. The molecule has 0 atom stereocenters. The molecule has 0 radical (unpaired) electrons. The minimum absolute atomic E-state index is 0.295. The van der Waals surface area contributed by atoms with Gasteiger partial charge >= 0.3 is 13.1 Å². The van der Waals surface area contributed by atoms with E-state index in [-0.39, 0.29) is 0 Å². The predicted molar refractivity (Wildman–Crippen MR) is 86.2 cm³/mol. The van der Waals surface area contributed by atoms with E-state index in [1.54, 1.807) is 40.8 Å². The maximum atomic E-state index is 12.4. The highest BCUT2D eigenvalue weighted by molar-refractivity contribution is 6.59. The first-order valence-electron chi connectivity index (χ1n) is 7.18. The Kier molecular flexibility index (Phi) is 4.58. The van der Waals surface area contributed by atoms with Crippen LogP contribution < -0.4 is 5.46 Å². The number of carbonyl (C=O) groups excluding carboxylic acids is 1. The molecule has 0 bridgehead atoms. The van der Waals surface area contributed by atoms with Crippen LogP contribution in [0.25, 0.3) is 11.3 Å². The van der Waals surface area contributed by atoms with Crippen molar-refractivity contribution in [3.05, 3.63) is 29.7 Å². The lowest BCUT2D eigenvalue weighted by Gasteiger charge is -2.20. The van der Waals surface area contributed by atoms with Crippen molar-refractivity contribution in [1.29, 1.82) is 0 Å². The smallest absolute Gasteiger partial charge is 0.455 e. The van der Waals surface area contributed by atoms with Gasteiger partial charge in [0.2, 0.25) is 0 Å². The largest absolute Gasteiger partial charge is 0.490 e. The Labute approximate surface area is 135 Å². The topological polar surface area (TPSA) is 97.5 Å². The van der Waals surface area contributed by atoms with Crippen LogP contribution in [-0.2, 0) is 11.8 Å². The second-order valence-electron chi connectivity index (χ2n) is 6.33. The number of aryl methyl sites for hydroxylation is 2. The van der Waals surface area contributed by atoms with Crippen LogP contribution in [0.4, 0.5) is 0 Å². The van der Waals surface area contributed by atoms with Crippen LogP contribution in [-0.4, -0.2) is 43.5 Å². The lowest BCUT2D eigenvalue weighted by Crippen LogP contribution is -2.32. The molecule has 0 aliphatic heterocycles. The van der Waals surface area contributed by atoms with Gasteiger partial charge in [0.25, 0.3) is 0 Å². The van der Waals surface area contributed by atoms with Gasteiger partial charge in [-0.3, -0.25) is 9.67 Å². The quantitative estimate of drug-likeness (QED) is 0.629. The molecule has 0 fully saturated rings. The molecular formula is C15H20BN3O4. The van der Waals surface area contributed by atoms with Crippen molar-refractivity contribution >= 4 is 18.6 Å². The molecule has 7 nitrogen and oxygen atoms in total. The van der Waals surface area contributed by atoms with E-state index in [2.05, 4.69) is 10.1 Å². The first kappa shape index (κ1) is 17.2. The first-order chi connectivity index (χ1) is 10.6. The molecule has 0 aliphatic rings. The van der Waals surface area contributed by atoms with Gasteiger partial charge in [0, 0.05) is 18.7 Å². The van der Waals surface area contributed by atoms with E-state index in [0.29, 0.717) is 28.0 Å². The fourth-order valence-electron chi connectivity index (χ4n) is 2.18. The van der Waals surface area contributed by atoms with Gasteiger partial charge < -0.3 is 14.8 Å². The summed E-state index contributed by atoms with van der Waals surface area (Å²) in [6.45, 7) is 7.12. The molecule has 2 N–H and O–H groups in total. The Bertz CT molecular complexity index is 735. The van der Waals surface area contributed by atoms with E-state index in [1.165, 1.54) is 17.1 Å². The number of aromatic nitrogens is 3. The van der Waals surface area contributed by atoms with Crippen LogP contribution in [0, 0.1) is 6.92 Å². The predicted octanol–water partition coefficient (Wildman–Crippen LogP) is 0.426. The Morgan fingerprint density at radius 1 is 1.30 bits per heavy atom. The van der Waals surface area contributed by atoms with E-state index in [1.807, 2.05) is 0 Å². The molecule has 0 aliphatic carbocycles. The highest BCUT2D eigenvalue weighted by Crippen LogP contribution is 2.24. The summed E-state index contributed by atoms with van der Waals surface area (Å²) in [4.78, 5) is 16.6. The van der Waals surface area contributed by atoms with Gasteiger partial charge in [0.05, 0.1) is 17.5 Å². The van der Waals surface area contributed by atoms with Crippen molar-refractivity contribution in [1.82, 2.24) is 14.8 Å². The number of esters is 1. The molecular weight excluding hydrogens is 297 g/mol. The average molecular weight is 317 g/mol. The minimum Gasteiger partial charge on any atom is -0.455 e. The fraction of sp³-hybridized carbons (Fsp3) is 0.400. The maximum Gasteiger partial charge on any atom is 0.490 e. The molecule has 2 rings (SSSR count). The molecule has 2 heterocycles. The van der Waals surface area contributed by atoms with E-state index in [4.69, 9.17) is 4.74 Å². The summed E-state index contributed by atoms with van der Waals surface area (Å²) in [5.74, 6) is -0.488. The molecule has 0 spiro atoms. The van der Waals surface area contributed by atoms with E-state index < -0.39 is 18.7 Å². The van der Waals surface area contributed by atoms with Crippen molar-refractivity contribution in [3.8, 4) is 11.3 Å². The van der Waals surface area contributed by atoms with Gasteiger partial charge in [-0.1, -0.05) is 0 Å². The van der Waals surface area contributed by atoms with Crippen LogP contribution >= 0.6 is 0 Å². The number of carbonyl (C=O) groups is 1. The third-order valence-electron chi connectivity index (χ3n) is 3.24. The van der Waals surface area contributed by atoms with Gasteiger partial charge in [-0.2, -0.15) is 5.10 Å². The zero-order valence-electron chi connectivity index (χ0n) is 13.9. The lowest BCUT2D eigenvalue weighted by atomic mass is 9.78. The van der Waals surface area contributed by atoms with Gasteiger partial charge in [-0.15, -0.1) is 0 Å². The fourth-order valence-corrected chi connectivity index (χ4v) is 2.18. The van der Waals surface area contributed by atoms with Crippen molar-refractivity contribution in [3.63, 3.8) is 0 Å². The third kappa shape index (κ3) is 3.78. The van der Waals surface area contributed by atoms with E-state index >= 15 is 0 Å². The number of nitrogens with zero attached hydrogens (tertiary/aromatic N) is 3. The van der Waals surface area contributed by atoms with Gasteiger partial charge in [-0.25, -0.2) is 4.79 Å². The maximum absolute atomic E-state index is 12.4. The van der Waals surface area contributed by atoms with Crippen LogP contribution in [0.1, 0.15) is 36.8 Å². The summed E-state index contributed by atoms with van der Waals surface area (Å²) in [5.41, 5.74) is 1.70. The summed E-state index contributed by atoms with van der Waals surface area (Å²) < 4.78 is 6.85. The van der Waals surface area contributed by atoms with Crippen molar-refractivity contribution < 1.29 is 19.6 Å². The SMILES string of the molecule is Cc1cc(-c2cnn(C)c2C(=O)OC(C)(C)C)ncc1B(O)O. The van der Waals surface area contributed by atoms with Crippen LogP contribution in [0.2, 0.25) is 0 Å². The Morgan fingerprint density at radius 3 is 2.48 bits per heavy atom. The molecule has 0 amide bonds. The molecule has 0 unspecified atom stereocenters. The molecule has 23 heavy (non-hydrogen) atoms. The Morgan fingerprint density at radius 2 is 1.96 bits per heavy atom.